The summed E-state index contributed by atoms with van der Waals surface area (Å²) in [5, 5.41) is 4.01. The van der Waals surface area contributed by atoms with Crippen molar-refractivity contribution >= 4 is 64.0 Å². The highest BCUT2D eigenvalue weighted by Gasteiger charge is 2.50. The molecule has 2 unspecified atom stereocenters. The van der Waals surface area contributed by atoms with Crippen LogP contribution >= 0.6 is 46.4 Å². The van der Waals surface area contributed by atoms with E-state index < -0.39 is 21.5 Å². The molecule has 1 N–H and O–H groups in total. The second kappa shape index (κ2) is 15.7. The van der Waals surface area contributed by atoms with Crippen LogP contribution in [0.2, 0.25) is 5.02 Å². The standard InChI is InChI=1S/C39H45Cl4N3O4/c1-7-45(23-29-10-8-9-11-32(29)40)36(47)34-31(20-30-21-44-22-33(34)46(30)37(48)50-38(5,6)39(41,42)43)28-16-14-27(15-17-28)18-19-49-35-25(3)13-12-24(2)26(35)4/h8-17,30,33,44H,7,18-23H2,1-6H3. The first-order chi connectivity index (χ1) is 23.6. The Kier molecular flexibility index (Phi) is 12.1. The maximum Gasteiger partial charge on any atom is 0.411 e. The lowest BCUT2D eigenvalue weighted by Gasteiger charge is -2.48. The van der Waals surface area contributed by atoms with Crippen LogP contribution in [-0.4, -0.2) is 69.5 Å². The van der Waals surface area contributed by atoms with Crippen molar-refractivity contribution in [2.24, 2.45) is 0 Å². The van der Waals surface area contributed by atoms with Crippen LogP contribution in [0.25, 0.3) is 5.57 Å². The minimum atomic E-state index is -1.86. The molecule has 2 aliphatic heterocycles. The molecular weight excluding hydrogens is 716 g/mol. The highest BCUT2D eigenvalue weighted by Crippen LogP contribution is 2.43. The van der Waals surface area contributed by atoms with Crippen LogP contribution in [0.4, 0.5) is 4.79 Å². The Balaban J connectivity index is 1.47. The van der Waals surface area contributed by atoms with Crippen molar-refractivity contribution < 1.29 is 19.1 Å². The van der Waals surface area contributed by atoms with Gasteiger partial charge in [0.1, 0.15) is 5.75 Å². The quantitative estimate of drug-likeness (QED) is 0.209. The molecule has 3 aromatic rings. The molecule has 0 saturated carbocycles. The van der Waals surface area contributed by atoms with E-state index in [0.717, 1.165) is 45.6 Å². The third-order valence-electron chi connectivity index (χ3n) is 9.81. The molecular formula is C39H45Cl4N3O4. The number of fused-ring (bicyclic) bond motifs is 2. The Bertz CT molecular complexity index is 1750. The number of benzene rings is 3. The highest BCUT2D eigenvalue weighted by atomic mass is 35.6. The van der Waals surface area contributed by atoms with E-state index in [2.05, 4.69) is 62.5 Å². The van der Waals surface area contributed by atoms with E-state index >= 15 is 0 Å². The number of rotatable bonds is 10. The van der Waals surface area contributed by atoms with Crippen molar-refractivity contribution in [3.05, 3.63) is 105 Å². The van der Waals surface area contributed by atoms with E-state index in [0.29, 0.717) is 49.8 Å². The van der Waals surface area contributed by atoms with Gasteiger partial charge in [-0.25, -0.2) is 4.79 Å². The van der Waals surface area contributed by atoms with Crippen molar-refractivity contribution in [1.82, 2.24) is 15.1 Å². The van der Waals surface area contributed by atoms with Crippen LogP contribution in [0.5, 0.6) is 5.75 Å². The van der Waals surface area contributed by atoms with E-state index in [-0.39, 0.29) is 11.9 Å². The summed E-state index contributed by atoms with van der Waals surface area (Å²) in [7, 11) is 0. The summed E-state index contributed by atoms with van der Waals surface area (Å²) >= 11 is 25.1. The average molecular weight is 762 g/mol. The average Bonchev–Trinajstić information content (AvgIpc) is 3.06. The summed E-state index contributed by atoms with van der Waals surface area (Å²) < 4.78 is 10.2. The van der Waals surface area contributed by atoms with Gasteiger partial charge in [0.05, 0.1) is 18.7 Å². The summed E-state index contributed by atoms with van der Waals surface area (Å²) in [5.41, 5.74) is 6.40. The minimum absolute atomic E-state index is 0.172. The summed E-state index contributed by atoms with van der Waals surface area (Å²) in [4.78, 5) is 32.0. The number of nitrogens with zero attached hydrogens (tertiary/aromatic N) is 2. The zero-order valence-corrected chi connectivity index (χ0v) is 32.4. The lowest BCUT2D eigenvalue weighted by molar-refractivity contribution is -0.128. The molecule has 0 aromatic heterocycles. The van der Waals surface area contributed by atoms with E-state index in [9.17, 15) is 9.59 Å². The van der Waals surface area contributed by atoms with Gasteiger partial charge in [-0.05, 0) is 93.0 Å². The lowest BCUT2D eigenvalue weighted by Crippen LogP contribution is -2.64. The minimum Gasteiger partial charge on any atom is -0.493 e. The predicted molar refractivity (Wildman–Crippen MR) is 204 cm³/mol. The number of carbonyl (C=O) groups excluding carboxylic acids is 2. The van der Waals surface area contributed by atoms with Gasteiger partial charge in [0.15, 0.2) is 5.60 Å². The Morgan fingerprint density at radius 1 is 0.960 bits per heavy atom. The third-order valence-corrected chi connectivity index (χ3v) is 11.5. The largest absolute Gasteiger partial charge is 0.493 e. The first-order valence-corrected chi connectivity index (χ1v) is 18.5. The molecule has 268 valence electrons. The number of alkyl halides is 3. The molecule has 5 rings (SSSR count). The first kappa shape index (κ1) is 38.3. The molecule has 7 nitrogen and oxygen atoms in total. The summed E-state index contributed by atoms with van der Waals surface area (Å²) in [5.74, 6) is 0.768. The van der Waals surface area contributed by atoms with Crippen molar-refractivity contribution in [2.75, 3.05) is 26.2 Å². The third kappa shape index (κ3) is 8.24. The van der Waals surface area contributed by atoms with Crippen LogP contribution in [0.1, 0.15) is 60.6 Å². The molecule has 3 aromatic carbocycles. The zero-order valence-electron chi connectivity index (χ0n) is 29.4. The summed E-state index contributed by atoms with van der Waals surface area (Å²) in [6.07, 6.45) is 0.532. The molecule has 11 heteroatoms. The second-order valence-corrected chi connectivity index (χ2v) is 16.3. The fourth-order valence-corrected chi connectivity index (χ4v) is 6.88. The van der Waals surface area contributed by atoms with E-state index in [1.807, 2.05) is 31.2 Å². The predicted octanol–water partition coefficient (Wildman–Crippen LogP) is 9.02. The normalized spacial score (nSPS) is 17.8. The molecule has 1 saturated heterocycles. The smallest absolute Gasteiger partial charge is 0.411 e. The number of hydrogen-bond donors (Lipinski definition) is 1. The van der Waals surface area contributed by atoms with Gasteiger partial charge in [-0.2, -0.15) is 0 Å². The van der Waals surface area contributed by atoms with Crippen LogP contribution < -0.4 is 10.1 Å². The highest BCUT2D eigenvalue weighted by molar-refractivity contribution is 6.68. The molecule has 1 fully saturated rings. The summed E-state index contributed by atoms with van der Waals surface area (Å²) in [6, 6.07) is 19.1. The van der Waals surface area contributed by atoms with E-state index in [1.54, 1.807) is 23.6 Å². The van der Waals surface area contributed by atoms with E-state index in [1.165, 1.54) is 5.56 Å². The van der Waals surface area contributed by atoms with Crippen molar-refractivity contribution in [3.8, 4) is 5.75 Å². The number of hydrogen-bond acceptors (Lipinski definition) is 5. The maximum atomic E-state index is 14.7. The first-order valence-electron chi connectivity index (χ1n) is 17.0. The van der Waals surface area contributed by atoms with E-state index in [4.69, 9.17) is 55.9 Å². The Morgan fingerprint density at radius 3 is 2.30 bits per heavy atom. The number of nitrogens with one attached hydrogen (secondary N) is 1. The van der Waals surface area contributed by atoms with Crippen LogP contribution in [0, 0.1) is 20.8 Å². The molecule has 2 aliphatic rings. The van der Waals surface area contributed by atoms with Crippen LogP contribution in [0.3, 0.4) is 0 Å². The van der Waals surface area contributed by atoms with Crippen LogP contribution in [-0.2, 0) is 22.5 Å². The molecule has 2 bridgehead atoms. The molecule has 2 heterocycles. The van der Waals surface area contributed by atoms with Crippen molar-refractivity contribution in [2.45, 2.75) is 82.4 Å². The molecule has 0 aliphatic carbocycles. The maximum absolute atomic E-state index is 14.7. The Labute approximate surface area is 315 Å². The topological polar surface area (TPSA) is 71.1 Å². The number of carbonyl (C=O) groups is 2. The van der Waals surface area contributed by atoms with Gasteiger partial charge >= 0.3 is 6.09 Å². The number of likely N-dealkylation sites (N-methyl/N-ethyl adjacent to an activating group) is 1. The van der Waals surface area contributed by atoms with Gasteiger partial charge in [-0.1, -0.05) is 101 Å². The number of ether oxygens (including phenoxy) is 2. The van der Waals surface area contributed by atoms with Gasteiger partial charge in [0.25, 0.3) is 5.91 Å². The second-order valence-electron chi connectivity index (χ2n) is 13.6. The zero-order chi connectivity index (χ0) is 36.4. The monoisotopic (exact) mass is 759 g/mol. The Hall–Kier alpha value is -2.94. The van der Waals surface area contributed by atoms with Crippen molar-refractivity contribution in [3.63, 3.8) is 0 Å². The van der Waals surface area contributed by atoms with Crippen molar-refractivity contribution in [1.29, 1.82) is 0 Å². The lowest BCUT2D eigenvalue weighted by atomic mass is 9.81. The van der Waals surface area contributed by atoms with Gasteiger partial charge in [-0.15, -0.1) is 0 Å². The fourth-order valence-electron chi connectivity index (χ4n) is 6.57. The molecule has 0 spiro atoms. The van der Waals surface area contributed by atoms with Gasteiger partial charge < -0.3 is 19.7 Å². The van der Waals surface area contributed by atoms with Crippen LogP contribution in [0.15, 0.2) is 66.2 Å². The molecule has 0 radical (unpaired) electrons. The number of piperazine rings is 1. The van der Waals surface area contributed by atoms with Gasteiger partial charge in [-0.3, -0.25) is 9.69 Å². The molecule has 2 atom stereocenters. The SMILES string of the molecule is CCN(Cc1ccccc1Cl)C(=O)C1=C(c2ccc(CCOc3c(C)ccc(C)c3C)cc2)CC2CNCC1N2C(=O)OC(C)(C)C(Cl)(Cl)Cl. The molecule has 50 heavy (non-hydrogen) atoms. The number of aryl methyl sites for hydroxylation is 2. The van der Waals surface area contributed by atoms with Gasteiger partial charge in [0, 0.05) is 43.2 Å². The molecule has 2 amide bonds. The number of halogens is 4. The fraction of sp³-hybridized carbons (Fsp3) is 0.436. The number of amides is 2. The Morgan fingerprint density at radius 2 is 1.64 bits per heavy atom. The van der Waals surface area contributed by atoms with Gasteiger partial charge in [0.2, 0.25) is 3.79 Å². The summed E-state index contributed by atoms with van der Waals surface area (Å²) in [6.45, 7) is 13.5.